The summed E-state index contributed by atoms with van der Waals surface area (Å²) in [5, 5.41) is 0. The molecule has 0 unspecified atom stereocenters. The average molecular weight is 296 g/mol. The number of aryl methyl sites for hydroxylation is 1. The summed E-state index contributed by atoms with van der Waals surface area (Å²) in [5.41, 5.74) is 6.39. The van der Waals surface area contributed by atoms with Crippen LogP contribution in [0.4, 0.5) is 0 Å². The molecule has 2 aromatic rings. The molecule has 0 fully saturated rings. The summed E-state index contributed by atoms with van der Waals surface area (Å²) in [4.78, 5) is 2.43. The van der Waals surface area contributed by atoms with Gasteiger partial charge < -0.3 is 5.73 Å². The van der Waals surface area contributed by atoms with E-state index in [4.69, 9.17) is 5.73 Å². The Balaban J connectivity index is 2.09. The van der Waals surface area contributed by atoms with Crippen LogP contribution >= 0.6 is 11.3 Å². The molecular formula is C13H16N2O2S2. The van der Waals surface area contributed by atoms with E-state index in [2.05, 4.69) is 4.72 Å². The zero-order chi connectivity index (χ0) is 13.9. The van der Waals surface area contributed by atoms with E-state index in [1.165, 1.54) is 4.88 Å². The third kappa shape index (κ3) is 3.63. The summed E-state index contributed by atoms with van der Waals surface area (Å²) < 4.78 is 26.7. The molecule has 102 valence electrons. The van der Waals surface area contributed by atoms with Gasteiger partial charge in [-0.15, -0.1) is 11.3 Å². The summed E-state index contributed by atoms with van der Waals surface area (Å²) in [5.74, 6) is 0. The maximum atomic E-state index is 12.1. The molecule has 3 N–H and O–H groups in total. The Hall–Kier alpha value is -1.21. The SMILES string of the molecule is Cc1ccc(CNS(=O)(=O)c2ccc(CN)cc2)s1. The molecule has 1 heterocycles. The zero-order valence-electron chi connectivity index (χ0n) is 10.6. The van der Waals surface area contributed by atoms with Crippen LogP contribution in [0.2, 0.25) is 0 Å². The monoisotopic (exact) mass is 296 g/mol. The van der Waals surface area contributed by atoms with Crippen molar-refractivity contribution in [1.29, 1.82) is 0 Å². The van der Waals surface area contributed by atoms with Gasteiger partial charge in [-0.1, -0.05) is 12.1 Å². The Kier molecular flexibility index (Phi) is 4.36. The molecule has 0 bridgehead atoms. The van der Waals surface area contributed by atoms with Gasteiger partial charge in [0.25, 0.3) is 0 Å². The number of hydrogen-bond donors (Lipinski definition) is 2. The van der Waals surface area contributed by atoms with Crippen molar-refractivity contribution in [3.63, 3.8) is 0 Å². The van der Waals surface area contributed by atoms with Crippen molar-refractivity contribution in [2.24, 2.45) is 5.73 Å². The van der Waals surface area contributed by atoms with Gasteiger partial charge >= 0.3 is 0 Å². The third-order valence-corrected chi connectivity index (χ3v) is 5.12. The summed E-state index contributed by atoms with van der Waals surface area (Å²) in [6.07, 6.45) is 0. The minimum absolute atomic E-state index is 0.262. The molecular weight excluding hydrogens is 280 g/mol. The molecule has 0 aliphatic heterocycles. The van der Waals surface area contributed by atoms with Crippen LogP contribution in [0.5, 0.6) is 0 Å². The van der Waals surface area contributed by atoms with E-state index in [9.17, 15) is 8.42 Å². The summed E-state index contributed by atoms with van der Waals surface area (Å²) in [7, 11) is -3.46. The largest absolute Gasteiger partial charge is 0.326 e. The fourth-order valence-corrected chi connectivity index (χ4v) is 3.56. The molecule has 0 saturated carbocycles. The van der Waals surface area contributed by atoms with E-state index >= 15 is 0 Å². The number of thiophene rings is 1. The second-order valence-corrected chi connectivity index (χ2v) is 7.32. The van der Waals surface area contributed by atoms with Gasteiger partial charge in [-0.2, -0.15) is 0 Å². The predicted molar refractivity (Wildman–Crippen MR) is 77.4 cm³/mol. The Labute approximate surface area is 117 Å². The first kappa shape index (κ1) is 14.2. The van der Waals surface area contributed by atoms with E-state index in [1.807, 2.05) is 19.1 Å². The Morgan fingerprint density at radius 1 is 1.16 bits per heavy atom. The number of rotatable bonds is 5. The lowest BCUT2D eigenvalue weighted by Gasteiger charge is -2.06. The van der Waals surface area contributed by atoms with Crippen molar-refractivity contribution in [3.05, 3.63) is 51.7 Å². The zero-order valence-corrected chi connectivity index (χ0v) is 12.2. The van der Waals surface area contributed by atoms with Crippen LogP contribution in [0.1, 0.15) is 15.3 Å². The minimum atomic E-state index is -3.46. The van der Waals surface area contributed by atoms with Crippen molar-refractivity contribution in [2.45, 2.75) is 24.9 Å². The minimum Gasteiger partial charge on any atom is -0.326 e. The van der Waals surface area contributed by atoms with E-state index in [0.717, 1.165) is 10.4 Å². The van der Waals surface area contributed by atoms with Gasteiger partial charge in [0.1, 0.15) is 0 Å². The van der Waals surface area contributed by atoms with Crippen LogP contribution < -0.4 is 10.5 Å². The quantitative estimate of drug-likeness (QED) is 0.886. The number of nitrogens with two attached hydrogens (primary N) is 1. The normalized spacial score (nSPS) is 11.7. The number of nitrogens with one attached hydrogen (secondary N) is 1. The second kappa shape index (κ2) is 5.83. The lowest BCUT2D eigenvalue weighted by molar-refractivity contribution is 0.582. The van der Waals surface area contributed by atoms with Crippen molar-refractivity contribution < 1.29 is 8.42 Å². The molecule has 6 heteroatoms. The van der Waals surface area contributed by atoms with Crippen molar-refractivity contribution in [3.8, 4) is 0 Å². The van der Waals surface area contributed by atoms with Crippen LogP contribution in [-0.4, -0.2) is 8.42 Å². The molecule has 0 radical (unpaired) electrons. The van der Waals surface area contributed by atoms with Gasteiger partial charge in [0.15, 0.2) is 0 Å². The van der Waals surface area contributed by atoms with Gasteiger partial charge in [0, 0.05) is 22.8 Å². The highest BCUT2D eigenvalue weighted by Crippen LogP contribution is 2.16. The van der Waals surface area contributed by atoms with Gasteiger partial charge in [-0.25, -0.2) is 13.1 Å². The smallest absolute Gasteiger partial charge is 0.240 e. The Morgan fingerprint density at radius 2 is 1.84 bits per heavy atom. The Morgan fingerprint density at radius 3 is 2.37 bits per heavy atom. The number of sulfonamides is 1. The summed E-state index contributed by atoms with van der Waals surface area (Å²) >= 11 is 1.59. The summed E-state index contributed by atoms with van der Waals surface area (Å²) in [6, 6.07) is 10.5. The molecule has 4 nitrogen and oxygen atoms in total. The van der Waals surface area contributed by atoms with E-state index < -0.39 is 10.0 Å². The molecule has 0 atom stereocenters. The first-order valence-corrected chi connectivity index (χ1v) is 8.15. The van der Waals surface area contributed by atoms with Gasteiger partial charge in [0.05, 0.1) is 4.90 Å². The van der Waals surface area contributed by atoms with Crippen LogP contribution in [0.15, 0.2) is 41.3 Å². The summed E-state index contributed by atoms with van der Waals surface area (Å²) in [6.45, 7) is 2.72. The highest BCUT2D eigenvalue weighted by atomic mass is 32.2. The molecule has 2 rings (SSSR count). The predicted octanol–water partition coefficient (Wildman–Crippen LogP) is 1.99. The molecule has 0 spiro atoms. The van der Waals surface area contributed by atoms with Crippen LogP contribution in [0.3, 0.4) is 0 Å². The van der Waals surface area contributed by atoms with Crippen LogP contribution in [-0.2, 0) is 23.1 Å². The van der Waals surface area contributed by atoms with E-state index in [1.54, 1.807) is 35.6 Å². The van der Waals surface area contributed by atoms with Gasteiger partial charge in [0.2, 0.25) is 10.0 Å². The molecule has 1 aromatic heterocycles. The van der Waals surface area contributed by atoms with Crippen LogP contribution in [0, 0.1) is 6.92 Å². The van der Waals surface area contributed by atoms with E-state index in [-0.39, 0.29) is 4.90 Å². The fourth-order valence-electron chi connectivity index (χ4n) is 1.63. The first-order valence-electron chi connectivity index (χ1n) is 5.85. The molecule has 0 aliphatic rings. The number of benzene rings is 1. The maximum absolute atomic E-state index is 12.1. The van der Waals surface area contributed by atoms with Crippen molar-refractivity contribution in [1.82, 2.24) is 4.72 Å². The maximum Gasteiger partial charge on any atom is 0.240 e. The number of hydrogen-bond acceptors (Lipinski definition) is 4. The molecule has 1 aromatic carbocycles. The third-order valence-electron chi connectivity index (χ3n) is 2.70. The van der Waals surface area contributed by atoms with Crippen molar-refractivity contribution in [2.75, 3.05) is 0 Å². The highest BCUT2D eigenvalue weighted by Gasteiger charge is 2.13. The highest BCUT2D eigenvalue weighted by molar-refractivity contribution is 7.89. The van der Waals surface area contributed by atoms with Gasteiger partial charge in [-0.3, -0.25) is 0 Å². The Bertz CT molecular complexity index is 646. The molecule has 0 aliphatic carbocycles. The second-order valence-electron chi connectivity index (χ2n) is 4.18. The van der Waals surface area contributed by atoms with Crippen LogP contribution in [0.25, 0.3) is 0 Å². The topological polar surface area (TPSA) is 72.2 Å². The van der Waals surface area contributed by atoms with Crippen molar-refractivity contribution >= 4 is 21.4 Å². The lowest BCUT2D eigenvalue weighted by atomic mass is 10.2. The van der Waals surface area contributed by atoms with Gasteiger partial charge in [-0.05, 0) is 36.8 Å². The standard InChI is InChI=1S/C13H16N2O2S2/c1-10-2-5-12(18-10)9-15-19(16,17)13-6-3-11(8-14)4-7-13/h2-7,15H,8-9,14H2,1H3. The molecule has 19 heavy (non-hydrogen) atoms. The molecule has 0 amide bonds. The first-order chi connectivity index (χ1) is 9.01. The lowest BCUT2D eigenvalue weighted by Crippen LogP contribution is -2.22. The fraction of sp³-hybridized carbons (Fsp3) is 0.231. The molecule has 0 saturated heterocycles. The average Bonchev–Trinajstić information content (AvgIpc) is 2.82. The van der Waals surface area contributed by atoms with E-state index in [0.29, 0.717) is 13.1 Å².